The molecule has 98 valence electrons. The summed E-state index contributed by atoms with van der Waals surface area (Å²) in [6.45, 7) is 4.21. The van der Waals surface area contributed by atoms with Crippen LogP contribution in [0.4, 0.5) is 11.4 Å². The fourth-order valence-electron chi connectivity index (χ4n) is 1.69. The molecule has 1 heteroatoms. The van der Waals surface area contributed by atoms with E-state index >= 15 is 0 Å². The van der Waals surface area contributed by atoms with Crippen molar-refractivity contribution in [1.29, 1.82) is 0 Å². The van der Waals surface area contributed by atoms with Gasteiger partial charge >= 0.3 is 0 Å². The molecule has 1 nitrogen and oxygen atoms in total. The molecule has 0 unspecified atom stereocenters. The van der Waals surface area contributed by atoms with E-state index in [4.69, 9.17) is 0 Å². The molecule has 0 N–H and O–H groups in total. The van der Waals surface area contributed by atoms with Gasteiger partial charge in [-0.05, 0) is 38.1 Å². The Morgan fingerprint density at radius 3 is 1.17 bits per heavy atom. The second-order valence-electron chi connectivity index (χ2n) is 4.23. The lowest BCUT2D eigenvalue weighted by molar-refractivity contribution is 1.20. The smallest absolute Gasteiger partial charge is 0.0408 e. The number of hydrogen-bond acceptors (Lipinski definition) is 1. The quantitative estimate of drug-likeness (QED) is 0.688. The minimum Gasteiger partial charge on any atom is -0.345 e. The molecule has 0 aromatic heterocycles. The van der Waals surface area contributed by atoms with Crippen LogP contribution in [-0.4, -0.2) is 7.05 Å². The average molecular weight is 243 g/mol. The van der Waals surface area contributed by atoms with Crippen LogP contribution in [0.3, 0.4) is 0 Å². The second-order valence-corrected chi connectivity index (χ2v) is 4.23. The van der Waals surface area contributed by atoms with Gasteiger partial charge < -0.3 is 4.90 Å². The Balaban J connectivity index is 0.00000144. The minimum atomic E-state index is 0. The van der Waals surface area contributed by atoms with Crippen LogP contribution in [0.5, 0.6) is 0 Å². The molecule has 0 saturated heterocycles. The zero-order chi connectivity index (χ0) is 11.5. The molecule has 0 saturated carbocycles. The highest BCUT2D eigenvalue weighted by molar-refractivity contribution is 5.62. The summed E-state index contributed by atoms with van der Waals surface area (Å²) < 4.78 is 0. The SMILES string of the molecule is C.C.Cc1ccc(N(C)c2ccc(C)cc2)cc1. The van der Waals surface area contributed by atoms with E-state index in [1.165, 1.54) is 22.5 Å². The van der Waals surface area contributed by atoms with E-state index in [1.807, 2.05) is 0 Å². The van der Waals surface area contributed by atoms with Crippen molar-refractivity contribution < 1.29 is 0 Å². The first-order valence-corrected chi connectivity index (χ1v) is 5.54. The third-order valence-electron chi connectivity index (χ3n) is 2.84. The molecular weight excluding hydrogens is 218 g/mol. The number of anilines is 2. The largest absolute Gasteiger partial charge is 0.345 e. The van der Waals surface area contributed by atoms with E-state index in [1.54, 1.807) is 0 Å². The predicted octanol–water partition coefficient (Wildman–Crippen LogP) is 5.34. The van der Waals surface area contributed by atoms with Crippen molar-refractivity contribution in [2.24, 2.45) is 0 Å². The molecule has 0 aliphatic heterocycles. The van der Waals surface area contributed by atoms with Crippen molar-refractivity contribution in [2.75, 3.05) is 11.9 Å². The minimum absolute atomic E-state index is 0. The first-order valence-electron chi connectivity index (χ1n) is 5.54. The topological polar surface area (TPSA) is 3.24 Å². The van der Waals surface area contributed by atoms with Crippen LogP contribution in [0, 0.1) is 13.8 Å². The summed E-state index contributed by atoms with van der Waals surface area (Å²) in [6, 6.07) is 17.1. The fourth-order valence-corrected chi connectivity index (χ4v) is 1.69. The van der Waals surface area contributed by atoms with Gasteiger partial charge in [-0.3, -0.25) is 0 Å². The number of nitrogens with zero attached hydrogens (tertiary/aromatic N) is 1. The second kappa shape index (κ2) is 6.85. The van der Waals surface area contributed by atoms with E-state index in [0.29, 0.717) is 0 Å². The average Bonchev–Trinajstić information content (AvgIpc) is 2.30. The Hall–Kier alpha value is -1.76. The molecule has 0 radical (unpaired) electrons. The first-order chi connectivity index (χ1) is 7.66. The van der Waals surface area contributed by atoms with Gasteiger partial charge in [0.1, 0.15) is 0 Å². The summed E-state index contributed by atoms with van der Waals surface area (Å²) in [5, 5.41) is 0. The molecule has 0 atom stereocenters. The van der Waals surface area contributed by atoms with E-state index in [0.717, 1.165) is 0 Å². The highest BCUT2D eigenvalue weighted by atomic mass is 15.1. The van der Waals surface area contributed by atoms with Gasteiger partial charge in [-0.15, -0.1) is 0 Å². The van der Waals surface area contributed by atoms with Gasteiger partial charge in [-0.25, -0.2) is 0 Å². The number of hydrogen-bond donors (Lipinski definition) is 0. The molecule has 2 aromatic carbocycles. The van der Waals surface area contributed by atoms with Crippen molar-refractivity contribution in [3.05, 3.63) is 59.7 Å². The zero-order valence-electron chi connectivity index (χ0n) is 10.1. The molecule has 0 amide bonds. The van der Waals surface area contributed by atoms with Crippen molar-refractivity contribution in [3.8, 4) is 0 Å². The van der Waals surface area contributed by atoms with Crippen molar-refractivity contribution in [2.45, 2.75) is 28.7 Å². The lowest BCUT2D eigenvalue weighted by Gasteiger charge is -2.19. The van der Waals surface area contributed by atoms with Crippen LogP contribution < -0.4 is 4.90 Å². The van der Waals surface area contributed by atoms with Crippen LogP contribution in [0.15, 0.2) is 48.5 Å². The lowest BCUT2D eigenvalue weighted by Crippen LogP contribution is -2.08. The van der Waals surface area contributed by atoms with Gasteiger partial charge in [0.25, 0.3) is 0 Å². The van der Waals surface area contributed by atoms with Gasteiger partial charge in [0.2, 0.25) is 0 Å². The maximum atomic E-state index is 2.19. The monoisotopic (exact) mass is 243 g/mol. The van der Waals surface area contributed by atoms with Crippen LogP contribution in [0.2, 0.25) is 0 Å². The first kappa shape index (κ1) is 16.2. The molecule has 2 aromatic rings. The summed E-state index contributed by atoms with van der Waals surface area (Å²) in [7, 11) is 2.09. The predicted molar refractivity (Wildman–Crippen MR) is 83.9 cm³/mol. The van der Waals surface area contributed by atoms with Gasteiger partial charge in [-0.1, -0.05) is 50.2 Å². The Labute approximate surface area is 112 Å². The maximum absolute atomic E-state index is 2.19. The Morgan fingerprint density at radius 2 is 0.889 bits per heavy atom. The van der Waals surface area contributed by atoms with Gasteiger partial charge in [0.05, 0.1) is 0 Å². The standard InChI is InChI=1S/C15H17N.2CH4/c1-12-4-8-14(9-5-12)16(3)15-10-6-13(2)7-11-15;;/h4-11H,1-3H3;2*1H4. The summed E-state index contributed by atoms with van der Waals surface area (Å²) in [4.78, 5) is 2.19. The number of benzene rings is 2. The molecule has 2 rings (SSSR count). The maximum Gasteiger partial charge on any atom is 0.0408 e. The molecular formula is C17H25N. The third kappa shape index (κ3) is 3.63. The van der Waals surface area contributed by atoms with Crippen molar-refractivity contribution in [3.63, 3.8) is 0 Å². The van der Waals surface area contributed by atoms with Gasteiger partial charge in [0, 0.05) is 18.4 Å². The molecule has 0 aliphatic rings. The Kier molecular flexibility index (Phi) is 6.18. The Morgan fingerprint density at radius 1 is 0.611 bits per heavy atom. The van der Waals surface area contributed by atoms with Crippen molar-refractivity contribution >= 4 is 11.4 Å². The van der Waals surface area contributed by atoms with E-state index < -0.39 is 0 Å². The molecule has 0 bridgehead atoms. The highest BCUT2D eigenvalue weighted by Gasteiger charge is 2.02. The van der Waals surface area contributed by atoms with Crippen LogP contribution in [0.25, 0.3) is 0 Å². The van der Waals surface area contributed by atoms with Crippen LogP contribution in [-0.2, 0) is 0 Å². The molecule has 18 heavy (non-hydrogen) atoms. The van der Waals surface area contributed by atoms with E-state index in [-0.39, 0.29) is 14.9 Å². The summed E-state index contributed by atoms with van der Waals surface area (Å²) in [5.41, 5.74) is 5.02. The molecule has 0 heterocycles. The Bertz CT molecular complexity index is 408. The van der Waals surface area contributed by atoms with Crippen molar-refractivity contribution in [1.82, 2.24) is 0 Å². The van der Waals surface area contributed by atoms with Gasteiger partial charge in [-0.2, -0.15) is 0 Å². The number of aryl methyl sites for hydroxylation is 2. The van der Waals surface area contributed by atoms with E-state index in [9.17, 15) is 0 Å². The zero-order valence-corrected chi connectivity index (χ0v) is 10.1. The lowest BCUT2D eigenvalue weighted by atomic mass is 10.2. The van der Waals surface area contributed by atoms with Gasteiger partial charge in [0.15, 0.2) is 0 Å². The molecule has 0 fully saturated rings. The molecule has 0 spiro atoms. The summed E-state index contributed by atoms with van der Waals surface area (Å²) >= 11 is 0. The summed E-state index contributed by atoms with van der Waals surface area (Å²) in [6.07, 6.45) is 0. The normalized spacial score (nSPS) is 9.06. The van der Waals surface area contributed by atoms with Crippen LogP contribution >= 0.6 is 0 Å². The summed E-state index contributed by atoms with van der Waals surface area (Å²) in [5.74, 6) is 0. The van der Waals surface area contributed by atoms with Crippen LogP contribution in [0.1, 0.15) is 26.0 Å². The number of rotatable bonds is 2. The molecule has 0 aliphatic carbocycles. The fraction of sp³-hybridized carbons (Fsp3) is 0.294. The highest BCUT2D eigenvalue weighted by Crippen LogP contribution is 2.23. The third-order valence-corrected chi connectivity index (χ3v) is 2.84. The van der Waals surface area contributed by atoms with E-state index in [2.05, 4.69) is 74.3 Å².